The summed E-state index contributed by atoms with van der Waals surface area (Å²) >= 11 is 5.65. The number of nitrogens with two attached hydrogens (primary N) is 1. The summed E-state index contributed by atoms with van der Waals surface area (Å²) in [5, 5.41) is 0. The van der Waals surface area contributed by atoms with Gasteiger partial charge in [0.25, 0.3) is 0 Å². The van der Waals surface area contributed by atoms with E-state index >= 15 is 0 Å². The number of anilines is 1. The van der Waals surface area contributed by atoms with E-state index in [1.165, 1.54) is 23.1 Å². The second-order valence-corrected chi connectivity index (χ2v) is 3.41. The largest absolute Gasteiger partial charge is 0.367 e. The van der Waals surface area contributed by atoms with Crippen molar-refractivity contribution in [3.05, 3.63) is 15.8 Å². The molecule has 64 valence electrons. The van der Waals surface area contributed by atoms with Gasteiger partial charge in [-0.15, -0.1) is 0 Å². The van der Waals surface area contributed by atoms with Crippen molar-refractivity contribution in [1.29, 1.82) is 0 Å². The summed E-state index contributed by atoms with van der Waals surface area (Å²) in [6.07, 6.45) is 0. The highest BCUT2D eigenvalue weighted by molar-refractivity contribution is 9.10. The average Bonchev–Trinajstić information content (AvgIpc) is 2.63. The van der Waals surface area contributed by atoms with Crippen LogP contribution in [0.3, 0.4) is 0 Å². The van der Waals surface area contributed by atoms with Gasteiger partial charge >= 0.3 is 0 Å². The fraction of sp³-hybridized carbons (Fsp3) is 0. The van der Waals surface area contributed by atoms with E-state index in [4.69, 9.17) is 5.73 Å². The van der Waals surface area contributed by atoms with Crippen molar-refractivity contribution in [3.63, 3.8) is 0 Å². The molecular weight excluding hydrogens is 262 g/mol. The molecule has 2 rings (SSSR count). The van der Waals surface area contributed by atoms with Crippen molar-refractivity contribution in [2.24, 2.45) is 0 Å². The fourth-order valence-corrected chi connectivity index (χ4v) is 1.51. The molecule has 8 heteroatoms. The van der Waals surface area contributed by atoms with Crippen LogP contribution in [-0.4, -0.2) is 18.7 Å². The fourth-order valence-electron chi connectivity index (χ4n) is 0.336. The Morgan fingerprint density at radius 2 is 1.83 bits per heavy atom. The molecule has 2 aromatic heterocycles. The molecule has 0 bridgehead atoms. The van der Waals surface area contributed by atoms with Gasteiger partial charge in [0, 0.05) is 0 Å². The van der Waals surface area contributed by atoms with Gasteiger partial charge in [-0.05, 0) is 39.0 Å². The number of halogens is 1. The lowest BCUT2D eigenvalue weighted by Crippen LogP contribution is -1.83. The van der Waals surface area contributed by atoms with Crippen molar-refractivity contribution in [3.8, 4) is 0 Å². The van der Waals surface area contributed by atoms with Gasteiger partial charge in [-0.3, -0.25) is 0 Å². The Kier molecular flexibility index (Phi) is 4.05. The highest BCUT2D eigenvalue weighted by atomic mass is 79.9. The highest BCUT2D eigenvalue weighted by Gasteiger charge is 1.80. The molecule has 0 fully saturated rings. The topological polar surface area (TPSA) is 77.6 Å². The monoisotopic (exact) mass is 265 g/mol. The van der Waals surface area contributed by atoms with Gasteiger partial charge in [0.2, 0.25) is 10.7 Å². The van der Waals surface area contributed by atoms with E-state index in [1.54, 1.807) is 11.0 Å². The lowest BCUT2D eigenvalue weighted by Gasteiger charge is -1.65. The molecule has 12 heavy (non-hydrogen) atoms. The van der Waals surface area contributed by atoms with Gasteiger partial charge in [-0.1, -0.05) is 0 Å². The van der Waals surface area contributed by atoms with Crippen LogP contribution >= 0.6 is 39.0 Å². The summed E-state index contributed by atoms with van der Waals surface area (Å²) in [6.45, 7) is 0. The smallest absolute Gasteiger partial charge is 0.231 e. The van der Waals surface area contributed by atoms with Crippen LogP contribution in [0.4, 0.5) is 5.95 Å². The van der Waals surface area contributed by atoms with Crippen LogP contribution in [0.5, 0.6) is 0 Å². The molecule has 0 amide bonds. The first-order chi connectivity index (χ1) is 5.79. The molecule has 0 aromatic carbocycles. The molecule has 5 nitrogen and oxygen atoms in total. The van der Waals surface area contributed by atoms with Crippen LogP contribution in [-0.2, 0) is 0 Å². The quantitative estimate of drug-likeness (QED) is 0.780. The van der Waals surface area contributed by atoms with Crippen molar-refractivity contribution < 1.29 is 0 Å². The predicted octanol–water partition coefficient (Wildman–Crippen LogP) is 1.42. The minimum atomic E-state index is 0.361. The predicted molar refractivity (Wildman–Crippen MR) is 51.9 cm³/mol. The zero-order chi connectivity index (χ0) is 8.81. The third kappa shape index (κ3) is 3.69. The van der Waals surface area contributed by atoms with Crippen LogP contribution in [0.2, 0.25) is 0 Å². The number of aromatic nitrogens is 4. The number of rotatable bonds is 0. The molecule has 0 unspecified atom stereocenters. The Balaban J connectivity index is 0.000000120. The SMILES string of the molecule is Brc1ncsn1.Nc1ncsn1. The molecule has 0 aliphatic heterocycles. The van der Waals surface area contributed by atoms with Crippen LogP contribution in [0.15, 0.2) is 15.8 Å². The number of nitrogen functional groups attached to an aromatic ring is 1. The average molecular weight is 266 g/mol. The molecule has 2 N–H and O–H groups in total. The molecule has 0 radical (unpaired) electrons. The summed E-state index contributed by atoms with van der Waals surface area (Å²) < 4.78 is 8.06. The third-order valence-corrected chi connectivity index (χ3v) is 2.30. The molecule has 0 atom stereocenters. The Morgan fingerprint density at radius 3 is 2.00 bits per heavy atom. The summed E-state index contributed by atoms with van der Waals surface area (Å²) in [6, 6.07) is 0. The summed E-state index contributed by atoms with van der Waals surface area (Å²) in [4.78, 5) is 7.34. The van der Waals surface area contributed by atoms with E-state index in [1.807, 2.05) is 0 Å². The summed E-state index contributed by atoms with van der Waals surface area (Å²) in [7, 11) is 0. The molecule has 0 aliphatic rings. The summed E-state index contributed by atoms with van der Waals surface area (Å²) in [5.41, 5.74) is 8.33. The van der Waals surface area contributed by atoms with Crippen molar-refractivity contribution in [2.45, 2.75) is 0 Å². The Hall–Kier alpha value is -0.600. The van der Waals surface area contributed by atoms with Gasteiger partial charge in [0.05, 0.1) is 0 Å². The zero-order valence-electron chi connectivity index (χ0n) is 5.72. The Morgan fingerprint density at radius 1 is 1.17 bits per heavy atom. The highest BCUT2D eigenvalue weighted by Crippen LogP contribution is 2.00. The molecule has 2 aromatic rings. The first-order valence-electron chi connectivity index (χ1n) is 2.73. The van der Waals surface area contributed by atoms with Gasteiger partial charge in [-0.2, -0.15) is 8.75 Å². The minimum Gasteiger partial charge on any atom is -0.367 e. The minimum absolute atomic E-state index is 0.361. The maximum atomic E-state index is 5.07. The lowest BCUT2D eigenvalue weighted by molar-refractivity contribution is 1.26. The molecule has 2 heterocycles. The number of hydrogen-bond donors (Lipinski definition) is 1. The van der Waals surface area contributed by atoms with Crippen LogP contribution in [0, 0.1) is 0 Å². The van der Waals surface area contributed by atoms with Crippen molar-refractivity contribution >= 4 is 44.9 Å². The normalized spacial score (nSPS) is 8.75. The van der Waals surface area contributed by atoms with E-state index in [9.17, 15) is 0 Å². The van der Waals surface area contributed by atoms with E-state index < -0.39 is 0 Å². The second kappa shape index (κ2) is 5.12. The Bertz CT molecular complexity index is 261. The second-order valence-electron chi connectivity index (χ2n) is 1.49. The van der Waals surface area contributed by atoms with Crippen LogP contribution < -0.4 is 5.73 Å². The van der Waals surface area contributed by atoms with Gasteiger partial charge in [0.1, 0.15) is 11.0 Å². The molecule has 0 spiro atoms. The van der Waals surface area contributed by atoms with Gasteiger partial charge in [0.15, 0.2) is 0 Å². The maximum Gasteiger partial charge on any atom is 0.231 e. The molecule has 0 aliphatic carbocycles. The van der Waals surface area contributed by atoms with Gasteiger partial charge < -0.3 is 5.73 Å². The summed E-state index contributed by atoms with van der Waals surface area (Å²) in [5.74, 6) is 0.361. The number of hydrogen-bond acceptors (Lipinski definition) is 7. The maximum absolute atomic E-state index is 5.07. The molecule has 0 saturated heterocycles. The zero-order valence-corrected chi connectivity index (χ0v) is 8.93. The molecular formula is C4H4BrN5S2. The number of nitrogens with zero attached hydrogens (tertiary/aromatic N) is 4. The van der Waals surface area contributed by atoms with E-state index in [-0.39, 0.29) is 0 Å². The van der Waals surface area contributed by atoms with E-state index in [0.717, 1.165) is 0 Å². The van der Waals surface area contributed by atoms with Crippen molar-refractivity contribution in [1.82, 2.24) is 18.7 Å². The van der Waals surface area contributed by atoms with E-state index in [2.05, 4.69) is 34.6 Å². The van der Waals surface area contributed by atoms with Crippen LogP contribution in [0.25, 0.3) is 0 Å². The standard InChI is InChI=1S/C2HBrN2S.C2H3N3S/c2*3-2-4-1-6-5-2/h1H;1H,(H2,3,5). The van der Waals surface area contributed by atoms with Gasteiger partial charge in [-0.25, -0.2) is 9.97 Å². The van der Waals surface area contributed by atoms with Crippen molar-refractivity contribution in [2.75, 3.05) is 5.73 Å². The lowest BCUT2D eigenvalue weighted by atomic mass is 11.1. The first-order valence-corrected chi connectivity index (χ1v) is 5.19. The third-order valence-electron chi connectivity index (χ3n) is 0.713. The van der Waals surface area contributed by atoms with Crippen LogP contribution in [0.1, 0.15) is 0 Å². The molecule has 0 saturated carbocycles. The first kappa shape index (κ1) is 9.49. The Labute approximate surface area is 85.1 Å². The van der Waals surface area contributed by atoms with E-state index in [0.29, 0.717) is 10.7 Å².